The molecule has 1 aliphatic carbocycles. The zero-order valence-corrected chi connectivity index (χ0v) is 14.2. The van der Waals surface area contributed by atoms with E-state index in [2.05, 4.69) is 40.3 Å². The number of hydrogen-bond acceptors (Lipinski definition) is 2. The highest BCUT2D eigenvalue weighted by molar-refractivity contribution is 9.10. The lowest BCUT2D eigenvalue weighted by atomic mass is 10.1. The van der Waals surface area contributed by atoms with Crippen molar-refractivity contribution in [2.75, 3.05) is 0 Å². The Hall–Kier alpha value is -1.03. The van der Waals surface area contributed by atoms with Crippen LogP contribution in [-0.4, -0.2) is 6.04 Å². The minimum atomic E-state index is 0.681. The summed E-state index contributed by atoms with van der Waals surface area (Å²) in [5, 5.41) is 4.23. The maximum Gasteiger partial charge on any atom is 0.141 e. The number of nitrogens with one attached hydrogen (secondary N) is 1. The van der Waals surface area contributed by atoms with Crippen LogP contribution in [0.2, 0.25) is 5.02 Å². The lowest BCUT2D eigenvalue weighted by Gasteiger charge is -2.14. The summed E-state index contributed by atoms with van der Waals surface area (Å²) in [5.41, 5.74) is 2.42. The third-order valence-electron chi connectivity index (χ3n) is 3.49. The Bertz CT molecular complexity index is 655. The van der Waals surface area contributed by atoms with E-state index < -0.39 is 0 Å². The Kier molecular flexibility index (Phi) is 4.53. The number of ether oxygens (including phenoxy) is 1. The van der Waals surface area contributed by atoms with Crippen molar-refractivity contribution in [3.63, 3.8) is 0 Å². The van der Waals surface area contributed by atoms with Gasteiger partial charge in [-0.1, -0.05) is 29.3 Å². The minimum Gasteiger partial charge on any atom is -0.456 e. The first-order chi connectivity index (χ1) is 10.1. The SMILES string of the molecule is Cc1ccc(Oc2ccc(Cl)cc2Br)c(CNC2CC2)c1. The minimum absolute atomic E-state index is 0.681. The number of halogens is 2. The third-order valence-corrected chi connectivity index (χ3v) is 4.34. The molecule has 0 atom stereocenters. The average molecular weight is 367 g/mol. The van der Waals surface area contributed by atoms with Crippen LogP contribution in [0.1, 0.15) is 24.0 Å². The Morgan fingerprint density at radius 1 is 1.19 bits per heavy atom. The van der Waals surface area contributed by atoms with Crippen molar-refractivity contribution in [2.24, 2.45) is 0 Å². The Morgan fingerprint density at radius 2 is 1.95 bits per heavy atom. The molecular formula is C17H17BrClNO. The smallest absolute Gasteiger partial charge is 0.141 e. The zero-order chi connectivity index (χ0) is 14.8. The van der Waals surface area contributed by atoms with Gasteiger partial charge in [-0.15, -0.1) is 0 Å². The van der Waals surface area contributed by atoms with Gasteiger partial charge in [0.1, 0.15) is 11.5 Å². The van der Waals surface area contributed by atoms with Crippen LogP contribution < -0.4 is 10.1 Å². The van der Waals surface area contributed by atoms with Crippen LogP contribution >= 0.6 is 27.5 Å². The molecule has 0 spiro atoms. The van der Waals surface area contributed by atoms with Gasteiger partial charge in [0.05, 0.1) is 4.47 Å². The second-order valence-corrected chi connectivity index (χ2v) is 6.73. The molecule has 4 heteroatoms. The van der Waals surface area contributed by atoms with Gasteiger partial charge in [0.25, 0.3) is 0 Å². The van der Waals surface area contributed by atoms with Crippen LogP contribution in [0.4, 0.5) is 0 Å². The fourth-order valence-electron chi connectivity index (χ4n) is 2.16. The van der Waals surface area contributed by atoms with Crippen molar-refractivity contribution in [1.29, 1.82) is 0 Å². The van der Waals surface area contributed by atoms with Gasteiger partial charge in [0.2, 0.25) is 0 Å². The number of hydrogen-bond donors (Lipinski definition) is 1. The molecule has 1 N–H and O–H groups in total. The van der Waals surface area contributed by atoms with E-state index in [4.69, 9.17) is 16.3 Å². The highest BCUT2D eigenvalue weighted by Crippen LogP contribution is 2.34. The van der Waals surface area contributed by atoms with Crippen molar-refractivity contribution in [3.8, 4) is 11.5 Å². The first kappa shape index (κ1) is 14.9. The number of aryl methyl sites for hydroxylation is 1. The maximum atomic E-state index is 6.06. The fourth-order valence-corrected chi connectivity index (χ4v) is 2.93. The topological polar surface area (TPSA) is 21.3 Å². The summed E-state index contributed by atoms with van der Waals surface area (Å²) in [5.74, 6) is 1.66. The van der Waals surface area contributed by atoms with E-state index in [1.807, 2.05) is 24.3 Å². The van der Waals surface area contributed by atoms with Gasteiger partial charge in [-0.25, -0.2) is 0 Å². The van der Waals surface area contributed by atoms with E-state index in [1.165, 1.54) is 24.0 Å². The first-order valence-corrected chi connectivity index (χ1v) is 8.25. The molecule has 110 valence electrons. The Balaban J connectivity index is 1.82. The summed E-state index contributed by atoms with van der Waals surface area (Å²) < 4.78 is 6.92. The second-order valence-electron chi connectivity index (χ2n) is 5.44. The number of benzene rings is 2. The van der Waals surface area contributed by atoms with E-state index in [9.17, 15) is 0 Å². The second kappa shape index (κ2) is 6.39. The summed E-state index contributed by atoms with van der Waals surface area (Å²) in [6.07, 6.45) is 2.56. The molecule has 0 saturated heterocycles. The lowest BCUT2D eigenvalue weighted by molar-refractivity contribution is 0.469. The lowest BCUT2D eigenvalue weighted by Crippen LogP contribution is -2.15. The maximum absolute atomic E-state index is 6.06. The molecule has 0 aliphatic heterocycles. The van der Waals surface area contributed by atoms with E-state index in [0.717, 1.165) is 22.5 Å². The largest absolute Gasteiger partial charge is 0.456 e. The van der Waals surface area contributed by atoms with Gasteiger partial charge in [0, 0.05) is 23.2 Å². The van der Waals surface area contributed by atoms with Crippen molar-refractivity contribution in [3.05, 3.63) is 57.0 Å². The molecule has 2 nitrogen and oxygen atoms in total. The van der Waals surface area contributed by atoms with Gasteiger partial charge in [-0.05, 0) is 60.0 Å². The summed E-state index contributed by atoms with van der Waals surface area (Å²) >= 11 is 9.46. The van der Waals surface area contributed by atoms with Crippen molar-refractivity contribution >= 4 is 27.5 Å². The molecule has 0 bridgehead atoms. The van der Waals surface area contributed by atoms with Crippen LogP contribution in [0.25, 0.3) is 0 Å². The summed E-state index contributed by atoms with van der Waals surface area (Å²) in [6, 6.07) is 12.5. The fraction of sp³-hybridized carbons (Fsp3) is 0.294. The predicted octanol–water partition coefficient (Wildman–Crippen LogP) is 5.46. The van der Waals surface area contributed by atoms with E-state index >= 15 is 0 Å². The van der Waals surface area contributed by atoms with E-state index in [-0.39, 0.29) is 0 Å². The van der Waals surface area contributed by atoms with Gasteiger partial charge in [-0.3, -0.25) is 0 Å². The highest BCUT2D eigenvalue weighted by Gasteiger charge is 2.20. The highest BCUT2D eigenvalue weighted by atomic mass is 79.9. The molecule has 2 aromatic rings. The van der Waals surface area contributed by atoms with Gasteiger partial charge in [0.15, 0.2) is 0 Å². The molecule has 2 aromatic carbocycles. The molecule has 0 amide bonds. The molecule has 0 aromatic heterocycles. The van der Waals surface area contributed by atoms with Crippen LogP contribution in [0.3, 0.4) is 0 Å². The predicted molar refractivity (Wildman–Crippen MR) is 90.3 cm³/mol. The molecule has 3 rings (SSSR count). The summed E-state index contributed by atoms with van der Waals surface area (Å²) in [4.78, 5) is 0. The molecule has 1 saturated carbocycles. The molecule has 21 heavy (non-hydrogen) atoms. The van der Waals surface area contributed by atoms with Crippen LogP contribution in [0.5, 0.6) is 11.5 Å². The van der Waals surface area contributed by atoms with Gasteiger partial charge >= 0.3 is 0 Å². The molecule has 0 heterocycles. The van der Waals surface area contributed by atoms with Crippen LogP contribution in [-0.2, 0) is 6.54 Å². The Morgan fingerprint density at radius 3 is 2.67 bits per heavy atom. The van der Waals surface area contributed by atoms with Gasteiger partial charge < -0.3 is 10.1 Å². The average Bonchev–Trinajstić information content (AvgIpc) is 3.26. The van der Waals surface area contributed by atoms with E-state index in [1.54, 1.807) is 0 Å². The molecular weight excluding hydrogens is 350 g/mol. The van der Waals surface area contributed by atoms with Crippen molar-refractivity contribution in [1.82, 2.24) is 5.32 Å². The van der Waals surface area contributed by atoms with Crippen molar-refractivity contribution in [2.45, 2.75) is 32.4 Å². The normalized spacial score (nSPS) is 14.2. The quantitative estimate of drug-likeness (QED) is 0.759. The van der Waals surface area contributed by atoms with Gasteiger partial charge in [-0.2, -0.15) is 0 Å². The molecule has 0 radical (unpaired) electrons. The van der Waals surface area contributed by atoms with Crippen molar-refractivity contribution < 1.29 is 4.74 Å². The molecule has 1 aliphatic rings. The standard InChI is InChI=1S/C17H17BrClNO/c1-11-2-6-16(12(8-11)10-20-14-4-5-14)21-17-7-3-13(19)9-15(17)18/h2-3,6-9,14,20H,4-5,10H2,1H3. The van der Waals surface area contributed by atoms with Crippen LogP contribution in [0.15, 0.2) is 40.9 Å². The zero-order valence-electron chi connectivity index (χ0n) is 11.8. The summed E-state index contributed by atoms with van der Waals surface area (Å²) in [6.45, 7) is 2.94. The first-order valence-electron chi connectivity index (χ1n) is 7.07. The van der Waals surface area contributed by atoms with Crippen LogP contribution in [0, 0.1) is 6.92 Å². The molecule has 0 unspecified atom stereocenters. The monoisotopic (exact) mass is 365 g/mol. The summed E-state index contributed by atoms with van der Waals surface area (Å²) in [7, 11) is 0. The Labute approximate surface area is 138 Å². The molecule has 1 fully saturated rings. The third kappa shape index (κ3) is 4.00. The number of rotatable bonds is 5. The van der Waals surface area contributed by atoms with E-state index in [0.29, 0.717) is 11.1 Å².